The molecular weight excluding hydrogens is 216 g/mol. The van der Waals surface area contributed by atoms with Gasteiger partial charge in [0.2, 0.25) is 0 Å². The molecule has 4 heteroatoms. The fourth-order valence-corrected chi connectivity index (χ4v) is 2.72. The lowest BCUT2D eigenvalue weighted by atomic mass is 9.80. The zero-order chi connectivity index (χ0) is 12.9. The van der Waals surface area contributed by atoms with E-state index < -0.39 is 0 Å². The molecule has 0 unspecified atom stereocenters. The standard InChI is InChI=1S/C13H26N2O2/c1-4-15(12(16)17-11(2)3)13(10-14)8-6-5-7-9-13/h11H,4-10,14H2,1-3H3. The molecule has 1 rings (SSSR count). The Balaban J connectivity index is 2.78. The van der Waals surface area contributed by atoms with Crippen LogP contribution in [0.3, 0.4) is 0 Å². The van der Waals surface area contributed by atoms with Crippen LogP contribution in [0.5, 0.6) is 0 Å². The minimum atomic E-state index is -0.213. The Labute approximate surface area is 104 Å². The second kappa shape index (κ2) is 6.24. The van der Waals surface area contributed by atoms with E-state index in [-0.39, 0.29) is 17.7 Å². The van der Waals surface area contributed by atoms with E-state index in [1.54, 1.807) is 0 Å². The highest BCUT2D eigenvalue weighted by Gasteiger charge is 2.39. The van der Waals surface area contributed by atoms with Gasteiger partial charge in [-0.15, -0.1) is 0 Å². The molecule has 0 aromatic heterocycles. The van der Waals surface area contributed by atoms with Crippen molar-refractivity contribution >= 4 is 6.09 Å². The van der Waals surface area contributed by atoms with Crippen molar-refractivity contribution in [1.82, 2.24) is 4.90 Å². The van der Waals surface area contributed by atoms with Crippen LogP contribution in [0.25, 0.3) is 0 Å². The van der Waals surface area contributed by atoms with Crippen molar-refractivity contribution in [1.29, 1.82) is 0 Å². The summed E-state index contributed by atoms with van der Waals surface area (Å²) in [5, 5.41) is 0. The Kier molecular flexibility index (Phi) is 5.25. The topological polar surface area (TPSA) is 55.6 Å². The number of amides is 1. The van der Waals surface area contributed by atoms with E-state index in [0.717, 1.165) is 25.7 Å². The largest absolute Gasteiger partial charge is 0.447 e. The third kappa shape index (κ3) is 3.35. The maximum atomic E-state index is 12.1. The number of nitrogens with two attached hydrogens (primary N) is 1. The summed E-state index contributed by atoms with van der Waals surface area (Å²) in [6.07, 6.45) is 5.28. The Morgan fingerprint density at radius 2 is 1.94 bits per heavy atom. The lowest BCUT2D eigenvalue weighted by Crippen LogP contribution is -2.57. The van der Waals surface area contributed by atoms with Crippen molar-refractivity contribution in [2.45, 2.75) is 64.5 Å². The van der Waals surface area contributed by atoms with Gasteiger partial charge in [-0.1, -0.05) is 19.3 Å². The number of hydrogen-bond donors (Lipinski definition) is 1. The van der Waals surface area contributed by atoms with Gasteiger partial charge in [0.25, 0.3) is 0 Å². The van der Waals surface area contributed by atoms with Crippen molar-refractivity contribution in [3.63, 3.8) is 0 Å². The number of nitrogens with zero attached hydrogens (tertiary/aromatic N) is 1. The van der Waals surface area contributed by atoms with Gasteiger partial charge < -0.3 is 15.4 Å². The molecule has 0 spiro atoms. The SMILES string of the molecule is CCN(C(=O)OC(C)C)C1(CN)CCCCC1. The molecule has 0 aromatic carbocycles. The molecular formula is C13H26N2O2. The molecule has 1 aliphatic carbocycles. The number of ether oxygens (including phenoxy) is 1. The minimum Gasteiger partial charge on any atom is -0.447 e. The molecule has 0 aliphatic heterocycles. The summed E-state index contributed by atoms with van der Waals surface area (Å²) in [5.74, 6) is 0. The second-order valence-electron chi connectivity index (χ2n) is 5.17. The number of rotatable bonds is 4. The summed E-state index contributed by atoms with van der Waals surface area (Å²) in [6, 6.07) is 0. The van der Waals surface area contributed by atoms with Gasteiger partial charge in [-0.25, -0.2) is 4.79 Å². The minimum absolute atomic E-state index is 0.0741. The normalized spacial score (nSPS) is 19.1. The average molecular weight is 242 g/mol. The summed E-state index contributed by atoms with van der Waals surface area (Å²) in [5.41, 5.74) is 5.77. The summed E-state index contributed by atoms with van der Waals surface area (Å²) < 4.78 is 5.31. The average Bonchev–Trinajstić information content (AvgIpc) is 2.30. The van der Waals surface area contributed by atoms with E-state index in [0.29, 0.717) is 13.1 Å². The Hall–Kier alpha value is -0.770. The van der Waals surface area contributed by atoms with Crippen molar-refractivity contribution in [2.24, 2.45) is 5.73 Å². The molecule has 0 radical (unpaired) electrons. The first-order valence-corrected chi connectivity index (χ1v) is 6.74. The summed E-state index contributed by atoms with van der Waals surface area (Å²) in [6.45, 7) is 6.95. The summed E-state index contributed by atoms with van der Waals surface area (Å²) in [4.78, 5) is 13.9. The fraction of sp³-hybridized carbons (Fsp3) is 0.923. The first-order valence-electron chi connectivity index (χ1n) is 6.74. The zero-order valence-electron chi connectivity index (χ0n) is 11.4. The smallest absolute Gasteiger partial charge is 0.410 e. The molecule has 1 fully saturated rings. The first-order chi connectivity index (χ1) is 8.05. The predicted molar refractivity (Wildman–Crippen MR) is 68.9 cm³/mol. The molecule has 0 bridgehead atoms. The van der Waals surface area contributed by atoms with Crippen LogP contribution < -0.4 is 5.73 Å². The molecule has 1 amide bonds. The first kappa shape index (κ1) is 14.3. The van der Waals surface area contributed by atoms with Crippen molar-refractivity contribution in [3.05, 3.63) is 0 Å². The van der Waals surface area contributed by atoms with Gasteiger partial charge in [-0.3, -0.25) is 0 Å². The molecule has 1 saturated carbocycles. The molecule has 0 saturated heterocycles. The summed E-state index contributed by atoms with van der Waals surface area (Å²) >= 11 is 0. The van der Waals surface area contributed by atoms with Crippen molar-refractivity contribution < 1.29 is 9.53 Å². The van der Waals surface area contributed by atoms with Crippen LogP contribution in [0.1, 0.15) is 52.9 Å². The Morgan fingerprint density at radius 1 is 1.35 bits per heavy atom. The zero-order valence-corrected chi connectivity index (χ0v) is 11.4. The molecule has 0 aromatic rings. The van der Waals surface area contributed by atoms with E-state index in [1.165, 1.54) is 6.42 Å². The van der Waals surface area contributed by atoms with Crippen molar-refractivity contribution in [3.8, 4) is 0 Å². The number of carbonyl (C=O) groups excluding carboxylic acids is 1. The van der Waals surface area contributed by atoms with Gasteiger partial charge in [0.1, 0.15) is 0 Å². The maximum Gasteiger partial charge on any atom is 0.410 e. The molecule has 2 N–H and O–H groups in total. The van der Waals surface area contributed by atoms with Crippen LogP contribution in [0.4, 0.5) is 4.79 Å². The highest BCUT2D eigenvalue weighted by molar-refractivity contribution is 5.69. The quantitative estimate of drug-likeness (QED) is 0.824. The lowest BCUT2D eigenvalue weighted by molar-refractivity contribution is 0.0225. The van der Waals surface area contributed by atoms with Crippen LogP contribution in [0.2, 0.25) is 0 Å². The fourth-order valence-electron chi connectivity index (χ4n) is 2.72. The Bertz CT molecular complexity index is 248. The van der Waals surface area contributed by atoms with Gasteiger partial charge in [0.05, 0.1) is 11.6 Å². The van der Waals surface area contributed by atoms with Crippen LogP contribution >= 0.6 is 0 Å². The van der Waals surface area contributed by atoms with Gasteiger partial charge >= 0.3 is 6.09 Å². The van der Waals surface area contributed by atoms with E-state index in [9.17, 15) is 4.79 Å². The highest BCUT2D eigenvalue weighted by Crippen LogP contribution is 2.33. The van der Waals surface area contributed by atoms with Gasteiger partial charge in [0, 0.05) is 13.1 Å². The maximum absolute atomic E-state index is 12.1. The third-order valence-electron chi connectivity index (χ3n) is 3.61. The lowest BCUT2D eigenvalue weighted by Gasteiger charge is -2.45. The van der Waals surface area contributed by atoms with E-state index >= 15 is 0 Å². The van der Waals surface area contributed by atoms with Crippen LogP contribution in [-0.2, 0) is 4.74 Å². The number of likely N-dealkylation sites (N-methyl/N-ethyl adjacent to an activating group) is 1. The van der Waals surface area contributed by atoms with Crippen LogP contribution in [-0.4, -0.2) is 35.7 Å². The predicted octanol–water partition coefficient (Wildman–Crippen LogP) is 2.51. The van der Waals surface area contributed by atoms with Crippen molar-refractivity contribution in [2.75, 3.05) is 13.1 Å². The van der Waals surface area contributed by atoms with Crippen LogP contribution in [0, 0.1) is 0 Å². The molecule has 17 heavy (non-hydrogen) atoms. The highest BCUT2D eigenvalue weighted by atomic mass is 16.6. The van der Waals surface area contributed by atoms with E-state index in [1.807, 2.05) is 25.7 Å². The van der Waals surface area contributed by atoms with Gasteiger partial charge in [-0.2, -0.15) is 0 Å². The molecule has 0 heterocycles. The molecule has 0 atom stereocenters. The third-order valence-corrected chi connectivity index (χ3v) is 3.61. The number of carbonyl (C=O) groups is 1. The number of hydrogen-bond acceptors (Lipinski definition) is 3. The summed E-state index contributed by atoms with van der Waals surface area (Å²) in [7, 11) is 0. The molecule has 100 valence electrons. The molecule has 4 nitrogen and oxygen atoms in total. The van der Waals surface area contributed by atoms with E-state index in [4.69, 9.17) is 10.5 Å². The Morgan fingerprint density at radius 3 is 2.35 bits per heavy atom. The van der Waals surface area contributed by atoms with E-state index in [2.05, 4.69) is 0 Å². The van der Waals surface area contributed by atoms with Crippen LogP contribution in [0.15, 0.2) is 0 Å². The molecule has 1 aliphatic rings. The monoisotopic (exact) mass is 242 g/mol. The van der Waals surface area contributed by atoms with Gasteiger partial charge in [0.15, 0.2) is 0 Å². The van der Waals surface area contributed by atoms with Gasteiger partial charge in [-0.05, 0) is 33.6 Å². The second-order valence-corrected chi connectivity index (χ2v) is 5.17.